The minimum atomic E-state index is 0. The molecule has 130 valence electrons. The largest absolute Gasteiger partial charge is 2.00 e. The molecule has 0 fully saturated rings. The van der Waals surface area contributed by atoms with Gasteiger partial charge in [0.25, 0.3) is 0 Å². The van der Waals surface area contributed by atoms with Crippen LogP contribution < -0.4 is 0 Å². The van der Waals surface area contributed by atoms with Crippen LogP contribution in [0.3, 0.4) is 0 Å². The van der Waals surface area contributed by atoms with Gasteiger partial charge >= 0.3 is 17.1 Å². The molecular formula is C25H16FeO. The minimum absolute atomic E-state index is 0. The molecule has 1 aliphatic carbocycles. The van der Waals surface area contributed by atoms with Crippen molar-refractivity contribution in [3.05, 3.63) is 119 Å². The summed E-state index contributed by atoms with van der Waals surface area (Å²) in [6.07, 6.45) is 0. The number of carbonyl (C=O) groups is 1. The van der Waals surface area contributed by atoms with Crippen LogP contribution in [-0.2, 0) is 17.1 Å². The fourth-order valence-electron chi connectivity index (χ4n) is 3.09. The summed E-state index contributed by atoms with van der Waals surface area (Å²) >= 11 is 0. The molecule has 1 aliphatic rings. The zero-order chi connectivity index (χ0) is 17.8. The predicted molar refractivity (Wildman–Crippen MR) is 105 cm³/mol. The first-order chi connectivity index (χ1) is 12.8. The van der Waals surface area contributed by atoms with Crippen LogP contribution in [0.15, 0.2) is 97.1 Å². The normalized spacial score (nSPS) is 10.4. The SMILES string of the molecule is O=C1c2ccccc2-c2cccc(C#C[c-]3cccc3)c21.[Fe+2].c1cc[cH-]c1. The molecule has 0 aromatic heterocycles. The van der Waals surface area contributed by atoms with E-state index in [-0.39, 0.29) is 22.9 Å². The molecule has 0 bridgehead atoms. The third kappa shape index (κ3) is 3.86. The number of rotatable bonds is 0. The summed E-state index contributed by atoms with van der Waals surface area (Å²) in [5, 5.41) is 0. The maximum absolute atomic E-state index is 12.6. The van der Waals surface area contributed by atoms with E-state index in [4.69, 9.17) is 0 Å². The molecule has 1 nitrogen and oxygen atoms in total. The van der Waals surface area contributed by atoms with Crippen molar-refractivity contribution in [1.82, 2.24) is 0 Å². The van der Waals surface area contributed by atoms with E-state index in [1.807, 2.05) is 97.1 Å². The quantitative estimate of drug-likeness (QED) is 0.197. The first kappa shape index (κ1) is 18.7. The summed E-state index contributed by atoms with van der Waals surface area (Å²) in [7, 11) is 0. The molecule has 0 N–H and O–H groups in total. The summed E-state index contributed by atoms with van der Waals surface area (Å²) in [6.45, 7) is 0. The molecule has 0 saturated carbocycles. The Kier molecular flexibility index (Phi) is 5.89. The van der Waals surface area contributed by atoms with Crippen molar-refractivity contribution < 1.29 is 21.9 Å². The maximum atomic E-state index is 12.6. The summed E-state index contributed by atoms with van der Waals surface area (Å²) in [5.41, 5.74) is 5.28. The van der Waals surface area contributed by atoms with Crippen LogP contribution in [0.1, 0.15) is 27.0 Å². The number of carbonyl (C=O) groups excluding carboxylic acids is 1. The second-order valence-electron chi connectivity index (χ2n) is 5.99. The van der Waals surface area contributed by atoms with Crippen molar-refractivity contribution in [2.75, 3.05) is 0 Å². The molecule has 0 unspecified atom stereocenters. The molecule has 27 heavy (non-hydrogen) atoms. The van der Waals surface area contributed by atoms with Crippen molar-refractivity contribution in [2.45, 2.75) is 0 Å². The number of benzene rings is 2. The van der Waals surface area contributed by atoms with Gasteiger partial charge in [-0.2, -0.15) is 42.2 Å². The Balaban J connectivity index is 0.000000306. The zero-order valence-electron chi connectivity index (χ0n) is 14.5. The van der Waals surface area contributed by atoms with E-state index in [1.54, 1.807) is 0 Å². The fourth-order valence-corrected chi connectivity index (χ4v) is 3.09. The van der Waals surface area contributed by atoms with Gasteiger partial charge in [-0.25, -0.2) is 12.1 Å². The van der Waals surface area contributed by atoms with Gasteiger partial charge < -0.3 is 0 Å². The van der Waals surface area contributed by atoms with Gasteiger partial charge in [0.15, 0.2) is 5.78 Å². The smallest absolute Gasteiger partial charge is 0.289 e. The average molecular weight is 388 g/mol. The summed E-state index contributed by atoms with van der Waals surface area (Å²) in [4.78, 5) is 12.6. The Labute approximate surface area is 169 Å². The van der Waals surface area contributed by atoms with Gasteiger partial charge in [0.1, 0.15) is 0 Å². The van der Waals surface area contributed by atoms with Gasteiger partial charge in [-0.05, 0) is 16.7 Å². The summed E-state index contributed by atoms with van der Waals surface area (Å²) < 4.78 is 0. The molecule has 0 heterocycles. The Morgan fingerprint density at radius 1 is 0.741 bits per heavy atom. The van der Waals surface area contributed by atoms with Crippen molar-refractivity contribution >= 4 is 5.78 Å². The van der Waals surface area contributed by atoms with Crippen LogP contribution in [0.25, 0.3) is 11.1 Å². The van der Waals surface area contributed by atoms with Gasteiger partial charge in [0, 0.05) is 11.1 Å². The molecule has 0 aliphatic heterocycles. The van der Waals surface area contributed by atoms with Gasteiger partial charge in [-0.15, -0.1) is 12.1 Å². The number of hydrogen-bond donors (Lipinski definition) is 0. The van der Waals surface area contributed by atoms with Gasteiger partial charge in [0.05, 0.1) is 0 Å². The van der Waals surface area contributed by atoms with Crippen LogP contribution in [0.5, 0.6) is 0 Å². The van der Waals surface area contributed by atoms with E-state index in [0.717, 1.165) is 33.4 Å². The molecule has 0 saturated heterocycles. The summed E-state index contributed by atoms with van der Waals surface area (Å²) in [6, 6.07) is 31.5. The third-order valence-electron chi connectivity index (χ3n) is 4.31. The molecule has 0 amide bonds. The molecule has 2 heteroatoms. The van der Waals surface area contributed by atoms with Crippen LogP contribution in [0.4, 0.5) is 0 Å². The molecule has 5 rings (SSSR count). The first-order valence-electron chi connectivity index (χ1n) is 8.52. The van der Waals surface area contributed by atoms with E-state index in [2.05, 4.69) is 11.8 Å². The van der Waals surface area contributed by atoms with Crippen molar-refractivity contribution in [1.29, 1.82) is 0 Å². The zero-order valence-corrected chi connectivity index (χ0v) is 15.6. The van der Waals surface area contributed by atoms with Crippen molar-refractivity contribution in [3.8, 4) is 23.0 Å². The molecule has 4 aromatic rings. The monoisotopic (exact) mass is 388 g/mol. The first-order valence-corrected chi connectivity index (χ1v) is 8.52. The fraction of sp³-hybridized carbons (Fsp3) is 0. The molecule has 0 atom stereocenters. The number of hydrogen-bond acceptors (Lipinski definition) is 1. The van der Waals surface area contributed by atoms with Crippen LogP contribution in [-0.4, -0.2) is 5.78 Å². The Hall–Kier alpha value is -3.11. The van der Waals surface area contributed by atoms with E-state index in [1.165, 1.54) is 0 Å². The molecule has 4 aromatic carbocycles. The molecular weight excluding hydrogens is 372 g/mol. The Morgan fingerprint density at radius 3 is 2.07 bits per heavy atom. The second kappa shape index (κ2) is 8.51. The van der Waals surface area contributed by atoms with Crippen molar-refractivity contribution in [2.24, 2.45) is 0 Å². The van der Waals surface area contributed by atoms with E-state index in [0.29, 0.717) is 0 Å². The Morgan fingerprint density at radius 2 is 1.41 bits per heavy atom. The Bertz CT molecular complexity index is 1070. The van der Waals surface area contributed by atoms with Crippen LogP contribution in [0, 0.1) is 11.8 Å². The number of fused-ring (bicyclic) bond motifs is 3. The predicted octanol–water partition coefficient (Wildman–Crippen LogP) is 5.42. The maximum Gasteiger partial charge on any atom is 2.00 e. The standard InChI is InChI=1S/C20H11O.C5H5.Fe/c21-20-18-10-4-3-9-16(18)17-11-5-8-15(19(17)20)13-12-14-6-1-2-7-14;1-2-4-5-3-1;/h1-11H;1-5H;/q2*-1;+2. The van der Waals surface area contributed by atoms with Gasteiger partial charge in [-0.1, -0.05) is 48.0 Å². The topological polar surface area (TPSA) is 17.1 Å². The minimum Gasteiger partial charge on any atom is -0.289 e. The van der Waals surface area contributed by atoms with Crippen molar-refractivity contribution in [3.63, 3.8) is 0 Å². The van der Waals surface area contributed by atoms with Crippen LogP contribution >= 0.6 is 0 Å². The molecule has 0 radical (unpaired) electrons. The summed E-state index contributed by atoms with van der Waals surface area (Å²) in [5.74, 6) is 6.33. The van der Waals surface area contributed by atoms with Gasteiger partial charge in [0.2, 0.25) is 0 Å². The molecule has 0 spiro atoms. The van der Waals surface area contributed by atoms with Crippen LogP contribution in [0.2, 0.25) is 0 Å². The second-order valence-corrected chi connectivity index (χ2v) is 5.99. The van der Waals surface area contributed by atoms with E-state index in [9.17, 15) is 4.79 Å². The van der Waals surface area contributed by atoms with Gasteiger partial charge in [-0.3, -0.25) is 4.79 Å². The average Bonchev–Trinajstić information content (AvgIpc) is 3.45. The van der Waals surface area contributed by atoms with E-state index >= 15 is 0 Å². The third-order valence-corrected chi connectivity index (χ3v) is 4.31. The number of ketones is 1. The van der Waals surface area contributed by atoms with E-state index < -0.39 is 0 Å².